The summed E-state index contributed by atoms with van der Waals surface area (Å²) in [6.07, 6.45) is 1.55. The molecule has 2 aromatic heterocycles. The lowest BCUT2D eigenvalue weighted by atomic mass is 10.1. The van der Waals surface area contributed by atoms with E-state index in [1.807, 2.05) is 0 Å². The van der Waals surface area contributed by atoms with Crippen molar-refractivity contribution in [1.29, 1.82) is 0 Å². The number of nitrogens with zero attached hydrogens (tertiary/aromatic N) is 2. The molecule has 6 nitrogen and oxygen atoms in total. The number of halogens is 1. The van der Waals surface area contributed by atoms with Gasteiger partial charge in [-0.15, -0.1) is 0 Å². The van der Waals surface area contributed by atoms with E-state index in [0.29, 0.717) is 28.5 Å². The molecule has 4 aromatic rings. The van der Waals surface area contributed by atoms with Crippen LogP contribution in [-0.4, -0.2) is 23.1 Å². The number of hydrogen-bond acceptors (Lipinski definition) is 5. The zero-order valence-electron chi connectivity index (χ0n) is 16.2. The Morgan fingerprint density at radius 1 is 1.03 bits per heavy atom. The fourth-order valence-electron chi connectivity index (χ4n) is 3.04. The fraction of sp³-hybridized carbons (Fsp3) is 0.130. The van der Waals surface area contributed by atoms with Gasteiger partial charge in [0.15, 0.2) is 5.76 Å². The molecule has 0 aliphatic rings. The number of carbonyl (C=O) groups is 1. The average molecular weight is 406 g/mol. The number of rotatable bonds is 7. The van der Waals surface area contributed by atoms with Gasteiger partial charge in [0.1, 0.15) is 17.3 Å². The molecule has 0 aliphatic carbocycles. The lowest BCUT2D eigenvalue weighted by Crippen LogP contribution is -2.30. The van der Waals surface area contributed by atoms with Gasteiger partial charge in [0.25, 0.3) is 5.91 Å². The molecule has 2 heterocycles. The van der Waals surface area contributed by atoms with Crippen molar-refractivity contribution in [3.8, 4) is 17.3 Å². The second kappa shape index (κ2) is 8.65. The van der Waals surface area contributed by atoms with Crippen LogP contribution < -0.4 is 4.74 Å². The molecule has 0 saturated heterocycles. The van der Waals surface area contributed by atoms with Gasteiger partial charge in [-0.3, -0.25) is 4.79 Å². The molecule has 0 fully saturated rings. The highest BCUT2D eigenvalue weighted by Gasteiger charge is 2.20. The predicted molar refractivity (Wildman–Crippen MR) is 107 cm³/mol. The van der Waals surface area contributed by atoms with Crippen LogP contribution in [0.5, 0.6) is 5.75 Å². The Labute approximate surface area is 172 Å². The lowest BCUT2D eigenvalue weighted by Gasteiger charge is -2.22. The van der Waals surface area contributed by atoms with E-state index in [-0.39, 0.29) is 24.8 Å². The van der Waals surface area contributed by atoms with Gasteiger partial charge in [-0.05, 0) is 54.1 Å². The number of carbonyl (C=O) groups excluding carboxylic acids is 1. The first kappa shape index (κ1) is 19.4. The first-order valence-corrected chi connectivity index (χ1v) is 9.29. The van der Waals surface area contributed by atoms with Crippen molar-refractivity contribution in [1.82, 2.24) is 10.1 Å². The van der Waals surface area contributed by atoms with Crippen molar-refractivity contribution in [2.75, 3.05) is 7.11 Å². The van der Waals surface area contributed by atoms with Crippen LogP contribution in [0.2, 0.25) is 0 Å². The number of aromatic nitrogens is 1. The van der Waals surface area contributed by atoms with Gasteiger partial charge in [0, 0.05) is 18.2 Å². The molecule has 0 radical (unpaired) electrons. The number of benzene rings is 2. The molecule has 30 heavy (non-hydrogen) atoms. The van der Waals surface area contributed by atoms with Crippen molar-refractivity contribution in [3.63, 3.8) is 0 Å². The van der Waals surface area contributed by atoms with Crippen LogP contribution in [0.15, 0.2) is 81.9 Å². The summed E-state index contributed by atoms with van der Waals surface area (Å²) < 4.78 is 29.1. The average Bonchev–Trinajstić information content (AvgIpc) is 3.46. The topological polar surface area (TPSA) is 68.7 Å². The molecular formula is C23H19FN2O4. The molecule has 0 aliphatic heterocycles. The van der Waals surface area contributed by atoms with E-state index in [4.69, 9.17) is 13.7 Å². The molecule has 1 amide bonds. The molecule has 0 unspecified atom stereocenters. The van der Waals surface area contributed by atoms with Gasteiger partial charge in [0.05, 0.1) is 19.9 Å². The second-order valence-electron chi connectivity index (χ2n) is 6.68. The SMILES string of the molecule is COc1ccc(C(=O)N(Cc2ccc(F)cc2)Cc2cc(-c3ccco3)on2)cc1. The third-order valence-electron chi connectivity index (χ3n) is 4.59. The standard InChI is InChI=1S/C23H19FN2O4/c1-28-20-10-6-17(7-11-20)23(27)26(14-16-4-8-18(24)9-5-16)15-19-13-22(30-25-19)21-3-2-12-29-21/h2-13H,14-15H2,1H3. The molecule has 0 atom stereocenters. The van der Waals surface area contributed by atoms with Crippen molar-refractivity contribution < 1.29 is 22.9 Å². The molecule has 0 spiro atoms. The summed E-state index contributed by atoms with van der Waals surface area (Å²) in [7, 11) is 1.57. The minimum Gasteiger partial charge on any atom is -0.497 e. The Balaban J connectivity index is 1.59. The summed E-state index contributed by atoms with van der Waals surface area (Å²) in [5.74, 6) is 1.18. The molecule has 0 bridgehead atoms. The maximum Gasteiger partial charge on any atom is 0.254 e. The minimum atomic E-state index is -0.327. The third-order valence-corrected chi connectivity index (χ3v) is 4.59. The largest absolute Gasteiger partial charge is 0.497 e. The smallest absolute Gasteiger partial charge is 0.254 e. The van der Waals surface area contributed by atoms with Gasteiger partial charge in [-0.2, -0.15) is 0 Å². The van der Waals surface area contributed by atoms with E-state index in [2.05, 4.69) is 5.16 Å². The summed E-state index contributed by atoms with van der Waals surface area (Å²) in [6, 6.07) is 18.2. The van der Waals surface area contributed by atoms with E-state index in [1.165, 1.54) is 12.1 Å². The van der Waals surface area contributed by atoms with Crippen molar-refractivity contribution in [2.24, 2.45) is 0 Å². The van der Waals surface area contributed by atoms with Crippen LogP contribution in [0.4, 0.5) is 4.39 Å². The summed E-state index contributed by atoms with van der Waals surface area (Å²) in [5.41, 5.74) is 1.88. The van der Waals surface area contributed by atoms with Gasteiger partial charge >= 0.3 is 0 Å². The van der Waals surface area contributed by atoms with E-state index in [9.17, 15) is 9.18 Å². The number of hydrogen-bond donors (Lipinski definition) is 0. The highest BCUT2D eigenvalue weighted by atomic mass is 19.1. The van der Waals surface area contributed by atoms with Gasteiger partial charge in [0.2, 0.25) is 5.76 Å². The molecule has 7 heteroatoms. The van der Waals surface area contributed by atoms with E-state index in [1.54, 1.807) is 72.9 Å². The lowest BCUT2D eigenvalue weighted by molar-refractivity contribution is 0.0726. The van der Waals surface area contributed by atoms with Crippen molar-refractivity contribution in [2.45, 2.75) is 13.1 Å². The summed E-state index contributed by atoms with van der Waals surface area (Å²) in [4.78, 5) is 14.8. The predicted octanol–water partition coefficient (Wildman–Crippen LogP) is 4.92. The third kappa shape index (κ3) is 4.41. The van der Waals surface area contributed by atoms with E-state index in [0.717, 1.165) is 5.56 Å². The zero-order chi connectivity index (χ0) is 20.9. The molecule has 0 N–H and O–H groups in total. The zero-order valence-corrected chi connectivity index (χ0v) is 16.2. The van der Waals surface area contributed by atoms with Crippen LogP contribution >= 0.6 is 0 Å². The Hall–Kier alpha value is -3.87. The first-order chi connectivity index (χ1) is 14.6. The highest BCUT2D eigenvalue weighted by Crippen LogP contribution is 2.22. The van der Waals surface area contributed by atoms with Crippen LogP contribution in [-0.2, 0) is 13.1 Å². The second-order valence-corrected chi connectivity index (χ2v) is 6.68. The molecule has 0 saturated carbocycles. The van der Waals surface area contributed by atoms with Crippen LogP contribution in [0.3, 0.4) is 0 Å². The quantitative estimate of drug-likeness (QED) is 0.436. The van der Waals surface area contributed by atoms with Gasteiger partial charge < -0.3 is 18.6 Å². The highest BCUT2D eigenvalue weighted by molar-refractivity contribution is 5.94. The number of ether oxygens (including phenoxy) is 1. The Bertz CT molecular complexity index is 1100. The normalized spacial score (nSPS) is 10.7. The van der Waals surface area contributed by atoms with E-state index < -0.39 is 0 Å². The fourth-order valence-corrected chi connectivity index (χ4v) is 3.04. The molecule has 2 aromatic carbocycles. The van der Waals surface area contributed by atoms with Crippen LogP contribution in [0, 0.1) is 5.82 Å². The molecular weight excluding hydrogens is 387 g/mol. The Morgan fingerprint density at radius 3 is 2.47 bits per heavy atom. The van der Waals surface area contributed by atoms with Crippen molar-refractivity contribution >= 4 is 5.91 Å². The number of methoxy groups -OCH3 is 1. The van der Waals surface area contributed by atoms with Crippen LogP contribution in [0.25, 0.3) is 11.5 Å². The van der Waals surface area contributed by atoms with Crippen LogP contribution in [0.1, 0.15) is 21.6 Å². The van der Waals surface area contributed by atoms with Gasteiger partial charge in [-0.25, -0.2) is 4.39 Å². The monoisotopic (exact) mass is 406 g/mol. The minimum absolute atomic E-state index is 0.190. The maximum absolute atomic E-state index is 13.3. The maximum atomic E-state index is 13.3. The van der Waals surface area contributed by atoms with Crippen molar-refractivity contribution in [3.05, 3.63) is 95.6 Å². The molecule has 4 rings (SSSR count). The Morgan fingerprint density at radius 2 is 1.80 bits per heavy atom. The Kier molecular flexibility index (Phi) is 5.61. The first-order valence-electron chi connectivity index (χ1n) is 9.29. The number of amides is 1. The summed E-state index contributed by atoms with van der Waals surface area (Å²) >= 11 is 0. The summed E-state index contributed by atoms with van der Waals surface area (Å²) in [5, 5.41) is 4.06. The van der Waals surface area contributed by atoms with Gasteiger partial charge in [-0.1, -0.05) is 17.3 Å². The van der Waals surface area contributed by atoms with E-state index >= 15 is 0 Å². The number of furan rings is 1. The summed E-state index contributed by atoms with van der Waals surface area (Å²) in [6.45, 7) is 0.501. The molecule has 152 valence electrons.